The predicted octanol–water partition coefficient (Wildman–Crippen LogP) is 2.72. The summed E-state index contributed by atoms with van der Waals surface area (Å²) < 4.78 is 5.21. The lowest BCUT2D eigenvalue weighted by atomic mass is 10.2. The molecule has 0 amide bonds. The van der Waals surface area contributed by atoms with Gasteiger partial charge in [-0.15, -0.1) is 0 Å². The van der Waals surface area contributed by atoms with Crippen LogP contribution in [0.1, 0.15) is 19.4 Å². The van der Waals surface area contributed by atoms with Crippen LogP contribution >= 0.6 is 8.81 Å². The standard InChI is InChI=1S/C9H12NO3P.C2H6O/c1-2-13-14-7-8-3-5-9(6-4-8)10(11)12;1-2-3/h3-6,14H,2,7H2,1H3;3H,2H2,1H3. The number of nitro benzene ring substituents is 1. The van der Waals surface area contributed by atoms with Crippen molar-refractivity contribution >= 4 is 14.5 Å². The van der Waals surface area contributed by atoms with Crippen LogP contribution in [-0.2, 0) is 10.7 Å². The lowest BCUT2D eigenvalue weighted by Gasteiger charge is -2.00. The zero-order chi connectivity index (χ0) is 13.1. The molecule has 1 N–H and O–H groups in total. The molecular formula is C11H18NO4P. The van der Waals surface area contributed by atoms with E-state index in [1.54, 1.807) is 19.1 Å². The molecule has 0 fully saturated rings. The van der Waals surface area contributed by atoms with E-state index in [1.165, 1.54) is 12.1 Å². The molecule has 0 aliphatic heterocycles. The van der Waals surface area contributed by atoms with Gasteiger partial charge in [0.15, 0.2) is 0 Å². The Morgan fingerprint density at radius 2 is 1.88 bits per heavy atom. The number of hydrogen-bond acceptors (Lipinski definition) is 4. The lowest BCUT2D eigenvalue weighted by Crippen LogP contribution is -1.88. The quantitative estimate of drug-likeness (QED) is 0.382. The Kier molecular flexibility index (Phi) is 9.53. The number of rotatable bonds is 5. The van der Waals surface area contributed by atoms with Crippen molar-refractivity contribution in [3.8, 4) is 0 Å². The van der Waals surface area contributed by atoms with Gasteiger partial charge in [-0.25, -0.2) is 0 Å². The monoisotopic (exact) mass is 259 g/mol. The normalized spacial score (nSPS) is 10.1. The molecule has 17 heavy (non-hydrogen) atoms. The average molecular weight is 259 g/mol. The first-order valence-corrected chi connectivity index (χ1v) is 6.46. The average Bonchev–Trinajstić information content (AvgIpc) is 2.31. The van der Waals surface area contributed by atoms with Crippen LogP contribution < -0.4 is 0 Å². The molecule has 0 spiro atoms. The summed E-state index contributed by atoms with van der Waals surface area (Å²) in [4.78, 5) is 9.96. The summed E-state index contributed by atoms with van der Waals surface area (Å²) in [6.07, 6.45) is 0.825. The van der Waals surface area contributed by atoms with Crippen LogP contribution in [-0.4, -0.2) is 23.2 Å². The number of nitrogens with zero attached hydrogens (tertiary/aromatic N) is 1. The maximum absolute atomic E-state index is 10.4. The Morgan fingerprint density at radius 1 is 1.35 bits per heavy atom. The van der Waals surface area contributed by atoms with Crippen molar-refractivity contribution in [2.75, 3.05) is 13.2 Å². The van der Waals surface area contributed by atoms with Gasteiger partial charge in [0.1, 0.15) is 0 Å². The summed E-state index contributed by atoms with van der Waals surface area (Å²) >= 11 is 0. The first-order valence-electron chi connectivity index (χ1n) is 5.34. The Balaban J connectivity index is 0.000000770. The van der Waals surface area contributed by atoms with Crippen LogP contribution in [0.15, 0.2) is 24.3 Å². The number of nitro groups is 1. The van der Waals surface area contributed by atoms with E-state index in [0.717, 1.165) is 11.7 Å². The summed E-state index contributed by atoms with van der Waals surface area (Å²) in [5.41, 5.74) is 1.20. The van der Waals surface area contributed by atoms with Crippen LogP contribution in [0, 0.1) is 10.1 Å². The van der Waals surface area contributed by atoms with Gasteiger partial charge in [0.05, 0.1) is 4.92 Å². The van der Waals surface area contributed by atoms with E-state index < -0.39 is 4.92 Å². The fourth-order valence-corrected chi connectivity index (χ4v) is 1.68. The van der Waals surface area contributed by atoms with Gasteiger partial charge in [-0.05, 0) is 19.4 Å². The van der Waals surface area contributed by atoms with Gasteiger partial charge in [0.2, 0.25) is 0 Å². The van der Waals surface area contributed by atoms with Crippen molar-refractivity contribution in [1.29, 1.82) is 0 Å². The molecule has 5 nitrogen and oxygen atoms in total. The predicted molar refractivity (Wildman–Crippen MR) is 69.5 cm³/mol. The third-order valence-corrected chi connectivity index (χ3v) is 2.72. The molecule has 1 unspecified atom stereocenters. The minimum absolute atomic E-state index is 0.133. The second-order valence-corrected chi connectivity index (χ2v) is 3.92. The van der Waals surface area contributed by atoms with E-state index >= 15 is 0 Å². The van der Waals surface area contributed by atoms with Crippen LogP contribution in [0.5, 0.6) is 0 Å². The number of benzene rings is 1. The Labute approximate surface area is 103 Å². The molecule has 1 aromatic rings. The summed E-state index contributed by atoms with van der Waals surface area (Å²) in [5.74, 6) is 0. The van der Waals surface area contributed by atoms with Crippen LogP contribution in [0.3, 0.4) is 0 Å². The van der Waals surface area contributed by atoms with Crippen molar-refractivity contribution < 1.29 is 14.6 Å². The first-order chi connectivity index (χ1) is 8.15. The van der Waals surface area contributed by atoms with Crippen molar-refractivity contribution in [1.82, 2.24) is 0 Å². The Hall–Kier alpha value is -1.03. The SMILES string of the molecule is CCO.CCOPCc1ccc([N+](=O)[O-])cc1. The zero-order valence-electron chi connectivity index (χ0n) is 10.0. The minimum atomic E-state index is -0.394. The third-order valence-electron chi connectivity index (χ3n) is 1.67. The summed E-state index contributed by atoms with van der Waals surface area (Å²) in [7, 11) is 0.431. The van der Waals surface area contributed by atoms with Crippen molar-refractivity contribution in [2.24, 2.45) is 0 Å². The highest BCUT2D eigenvalue weighted by atomic mass is 31.1. The Bertz CT molecular complexity index is 316. The van der Waals surface area contributed by atoms with E-state index in [9.17, 15) is 10.1 Å². The van der Waals surface area contributed by atoms with Gasteiger partial charge in [0, 0.05) is 40.3 Å². The topological polar surface area (TPSA) is 72.6 Å². The van der Waals surface area contributed by atoms with Crippen molar-refractivity contribution in [3.63, 3.8) is 0 Å². The second kappa shape index (κ2) is 10.1. The number of non-ortho nitro benzene ring substituents is 1. The maximum atomic E-state index is 10.4. The van der Waals surface area contributed by atoms with E-state index in [0.29, 0.717) is 15.4 Å². The molecule has 0 bridgehead atoms. The smallest absolute Gasteiger partial charge is 0.269 e. The number of aliphatic hydroxyl groups excluding tert-OH is 1. The molecule has 0 saturated carbocycles. The largest absolute Gasteiger partial charge is 0.397 e. The molecule has 0 aliphatic rings. The fourth-order valence-electron chi connectivity index (χ4n) is 0.972. The van der Waals surface area contributed by atoms with E-state index in [-0.39, 0.29) is 12.3 Å². The number of hydrogen-bond donors (Lipinski definition) is 1. The molecule has 6 heteroatoms. The van der Waals surface area contributed by atoms with E-state index in [4.69, 9.17) is 9.63 Å². The molecule has 0 aromatic heterocycles. The Morgan fingerprint density at radius 3 is 2.29 bits per heavy atom. The maximum Gasteiger partial charge on any atom is 0.269 e. The fraction of sp³-hybridized carbons (Fsp3) is 0.455. The summed E-state index contributed by atoms with van der Waals surface area (Å²) in [6, 6.07) is 6.58. The molecule has 1 aromatic carbocycles. The zero-order valence-corrected chi connectivity index (χ0v) is 11.0. The van der Waals surface area contributed by atoms with Gasteiger partial charge in [-0.1, -0.05) is 12.1 Å². The molecule has 1 atom stereocenters. The van der Waals surface area contributed by atoms with Crippen LogP contribution in [0.4, 0.5) is 5.69 Å². The second-order valence-electron chi connectivity index (χ2n) is 2.99. The molecule has 0 saturated heterocycles. The lowest BCUT2D eigenvalue weighted by molar-refractivity contribution is -0.384. The number of aliphatic hydroxyl groups is 1. The van der Waals surface area contributed by atoms with Gasteiger partial charge in [-0.2, -0.15) is 0 Å². The van der Waals surface area contributed by atoms with E-state index in [2.05, 4.69) is 0 Å². The molecule has 0 aliphatic carbocycles. The van der Waals surface area contributed by atoms with Crippen molar-refractivity contribution in [2.45, 2.75) is 20.0 Å². The third kappa shape index (κ3) is 7.80. The first kappa shape index (κ1) is 16.0. The highest BCUT2D eigenvalue weighted by Gasteiger charge is 2.03. The highest BCUT2D eigenvalue weighted by Crippen LogP contribution is 2.21. The van der Waals surface area contributed by atoms with Crippen molar-refractivity contribution in [3.05, 3.63) is 39.9 Å². The minimum Gasteiger partial charge on any atom is -0.397 e. The summed E-state index contributed by atoms with van der Waals surface area (Å²) in [6.45, 7) is 4.59. The molecule has 1 rings (SSSR count). The molecular weight excluding hydrogens is 241 g/mol. The highest BCUT2D eigenvalue weighted by molar-refractivity contribution is 7.31. The summed E-state index contributed by atoms with van der Waals surface area (Å²) in [5, 5.41) is 17.9. The van der Waals surface area contributed by atoms with Gasteiger partial charge < -0.3 is 9.63 Å². The van der Waals surface area contributed by atoms with Gasteiger partial charge >= 0.3 is 0 Å². The molecule has 0 radical (unpaired) electrons. The van der Waals surface area contributed by atoms with Gasteiger partial charge in [-0.3, -0.25) is 10.1 Å². The van der Waals surface area contributed by atoms with Gasteiger partial charge in [0.25, 0.3) is 5.69 Å². The van der Waals surface area contributed by atoms with E-state index in [1.807, 2.05) is 6.92 Å². The van der Waals surface area contributed by atoms with Crippen LogP contribution in [0.25, 0.3) is 0 Å². The molecule has 96 valence electrons. The molecule has 0 heterocycles. The van der Waals surface area contributed by atoms with Crippen LogP contribution in [0.2, 0.25) is 0 Å².